The fourth-order valence-corrected chi connectivity index (χ4v) is 7.97. The number of aromatic nitrogens is 3. The van der Waals surface area contributed by atoms with Crippen LogP contribution in [0.25, 0.3) is 78.0 Å². The van der Waals surface area contributed by atoms with E-state index in [4.69, 9.17) is 15.0 Å². The van der Waals surface area contributed by atoms with Crippen LogP contribution in [0.15, 0.2) is 212 Å². The normalized spacial score (nSPS) is 11.2. The van der Waals surface area contributed by atoms with E-state index < -0.39 is 0 Å². The van der Waals surface area contributed by atoms with Crippen LogP contribution in [0.2, 0.25) is 0 Å². The Hall–Kier alpha value is -7.69. The van der Waals surface area contributed by atoms with Crippen molar-refractivity contribution in [1.29, 1.82) is 0 Å². The summed E-state index contributed by atoms with van der Waals surface area (Å²) in [5.41, 5.74) is 12.3. The molecule has 0 aliphatic carbocycles. The Morgan fingerprint density at radius 3 is 1.24 bits per heavy atom. The number of fused-ring (bicyclic) bond motifs is 2. The highest BCUT2D eigenvalue weighted by molar-refractivity contribution is 5.93. The van der Waals surface area contributed by atoms with E-state index in [0.29, 0.717) is 17.5 Å². The standard InChI is InChI=1S/C55H40N4/c1-2-38-35-48(29-34-52(38)42-21-23-45(24-22-42)55-57-53(43-15-5-3-6-16-43)56-54(58-55)44-17-7-4-8-18-44)41-25-30-49(31-26-41)59(50-32-27-39-13-9-11-19-46(39)36-50)51-33-28-40-14-10-12-20-47(40)37-51/h3-37H,2H2,1H3. The molecule has 9 aromatic carbocycles. The maximum absolute atomic E-state index is 4.93. The molecule has 0 amide bonds. The van der Waals surface area contributed by atoms with E-state index in [1.54, 1.807) is 0 Å². The minimum atomic E-state index is 0.651. The number of aryl methyl sites for hydroxylation is 1. The van der Waals surface area contributed by atoms with Crippen LogP contribution in [0, 0.1) is 0 Å². The van der Waals surface area contributed by atoms with Crippen molar-refractivity contribution in [1.82, 2.24) is 15.0 Å². The highest BCUT2D eigenvalue weighted by Gasteiger charge is 2.16. The first-order valence-electron chi connectivity index (χ1n) is 20.2. The van der Waals surface area contributed by atoms with Gasteiger partial charge >= 0.3 is 0 Å². The van der Waals surface area contributed by atoms with Gasteiger partial charge in [-0.2, -0.15) is 0 Å². The van der Waals surface area contributed by atoms with E-state index in [2.05, 4.69) is 163 Å². The topological polar surface area (TPSA) is 41.9 Å². The first-order valence-corrected chi connectivity index (χ1v) is 20.2. The van der Waals surface area contributed by atoms with Crippen molar-refractivity contribution in [2.24, 2.45) is 0 Å². The van der Waals surface area contributed by atoms with Crippen LogP contribution < -0.4 is 4.90 Å². The minimum Gasteiger partial charge on any atom is -0.310 e. The van der Waals surface area contributed by atoms with E-state index in [-0.39, 0.29) is 0 Å². The van der Waals surface area contributed by atoms with Crippen molar-refractivity contribution in [2.45, 2.75) is 13.3 Å². The smallest absolute Gasteiger partial charge is 0.164 e. The highest BCUT2D eigenvalue weighted by atomic mass is 15.1. The summed E-state index contributed by atoms with van der Waals surface area (Å²) in [6.45, 7) is 2.23. The number of hydrogen-bond donors (Lipinski definition) is 0. The molecule has 0 N–H and O–H groups in total. The van der Waals surface area contributed by atoms with Gasteiger partial charge in [0.05, 0.1) is 0 Å². The third-order valence-electron chi connectivity index (χ3n) is 11.1. The van der Waals surface area contributed by atoms with Gasteiger partial charge in [0.1, 0.15) is 0 Å². The zero-order valence-corrected chi connectivity index (χ0v) is 32.7. The van der Waals surface area contributed by atoms with E-state index in [9.17, 15) is 0 Å². The molecule has 10 aromatic rings. The van der Waals surface area contributed by atoms with Crippen molar-refractivity contribution in [3.63, 3.8) is 0 Å². The summed E-state index contributed by atoms with van der Waals surface area (Å²) in [5, 5.41) is 4.89. The Balaban J connectivity index is 0.958. The predicted molar refractivity (Wildman–Crippen MR) is 246 cm³/mol. The van der Waals surface area contributed by atoms with E-state index in [1.165, 1.54) is 43.8 Å². The van der Waals surface area contributed by atoms with Crippen LogP contribution in [0.4, 0.5) is 17.1 Å². The maximum atomic E-state index is 4.93. The highest BCUT2D eigenvalue weighted by Crippen LogP contribution is 2.39. The van der Waals surface area contributed by atoms with Crippen LogP contribution in [-0.4, -0.2) is 15.0 Å². The van der Waals surface area contributed by atoms with Gasteiger partial charge in [-0.25, -0.2) is 15.0 Å². The second-order valence-corrected chi connectivity index (χ2v) is 14.8. The Labute approximate surface area is 344 Å². The molecular formula is C55H40N4. The molecule has 1 heterocycles. The average molecular weight is 757 g/mol. The fourth-order valence-electron chi connectivity index (χ4n) is 7.97. The van der Waals surface area contributed by atoms with Gasteiger partial charge in [0, 0.05) is 33.8 Å². The molecular weight excluding hydrogens is 717 g/mol. The van der Waals surface area contributed by atoms with Gasteiger partial charge in [0.15, 0.2) is 17.5 Å². The molecule has 0 fully saturated rings. The monoisotopic (exact) mass is 756 g/mol. The fraction of sp³-hybridized carbons (Fsp3) is 0.0364. The molecule has 0 saturated carbocycles. The third kappa shape index (κ3) is 7.24. The van der Waals surface area contributed by atoms with Crippen LogP contribution in [-0.2, 0) is 6.42 Å². The lowest BCUT2D eigenvalue weighted by atomic mass is 9.93. The largest absolute Gasteiger partial charge is 0.310 e. The number of nitrogens with zero attached hydrogens (tertiary/aromatic N) is 4. The van der Waals surface area contributed by atoms with E-state index >= 15 is 0 Å². The minimum absolute atomic E-state index is 0.651. The van der Waals surface area contributed by atoms with Crippen LogP contribution in [0.1, 0.15) is 12.5 Å². The molecule has 1 aromatic heterocycles. The summed E-state index contributed by atoms with van der Waals surface area (Å²) >= 11 is 0. The van der Waals surface area contributed by atoms with Gasteiger partial charge < -0.3 is 4.90 Å². The molecule has 0 atom stereocenters. The molecule has 0 radical (unpaired) electrons. The maximum Gasteiger partial charge on any atom is 0.164 e. The van der Waals surface area contributed by atoms with Crippen molar-refractivity contribution in [3.05, 3.63) is 218 Å². The van der Waals surface area contributed by atoms with Gasteiger partial charge in [-0.1, -0.05) is 183 Å². The van der Waals surface area contributed by atoms with Crippen molar-refractivity contribution >= 4 is 38.6 Å². The van der Waals surface area contributed by atoms with E-state index in [0.717, 1.165) is 45.7 Å². The molecule has 0 bridgehead atoms. The van der Waals surface area contributed by atoms with E-state index in [1.807, 2.05) is 60.7 Å². The zero-order chi connectivity index (χ0) is 39.5. The molecule has 4 nitrogen and oxygen atoms in total. The molecule has 59 heavy (non-hydrogen) atoms. The van der Waals surface area contributed by atoms with Gasteiger partial charge in [-0.05, 0) is 92.2 Å². The second-order valence-electron chi connectivity index (χ2n) is 14.8. The molecule has 4 heteroatoms. The summed E-state index contributed by atoms with van der Waals surface area (Å²) in [6, 6.07) is 75.1. The number of rotatable bonds is 9. The summed E-state index contributed by atoms with van der Waals surface area (Å²) in [6.07, 6.45) is 0.912. The second kappa shape index (κ2) is 15.7. The lowest BCUT2D eigenvalue weighted by Gasteiger charge is -2.26. The quantitative estimate of drug-likeness (QED) is 0.147. The number of hydrogen-bond acceptors (Lipinski definition) is 4. The number of benzene rings is 9. The summed E-state index contributed by atoms with van der Waals surface area (Å²) < 4.78 is 0. The zero-order valence-electron chi connectivity index (χ0n) is 32.7. The van der Waals surface area contributed by atoms with Gasteiger partial charge in [0.2, 0.25) is 0 Å². The molecule has 0 aliphatic heterocycles. The number of anilines is 3. The summed E-state index contributed by atoms with van der Waals surface area (Å²) in [4.78, 5) is 17.1. The lowest BCUT2D eigenvalue weighted by Crippen LogP contribution is -2.09. The SMILES string of the molecule is CCc1cc(-c2ccc(N(c3ccc4ccccc4c3)c3ccc4ccccc4c3)cc2)ccc1-c1ccc(-c2nc(-c3ccccc3)nc(-c3ccccc3)n2)cc1. The van der Waals surface area contributed by atoms with Crippen LogP contribution >= 0.6 is 0 Å². The van der Waals surface area contributed by atoms with Crippen molar-refractivity contribution < 1.29 is 0 Å². The van der Waals surface area contributed by atoms with Crippen molar-refractivity contribution in [3.8, 4) is 56.4 Å². The molecule has 280 valence electrons. The van der Waals surface area contributed by atoms with Crippen LogP contribution in [0.3, 0.4) is 0 Å². The Morgan fingerprint density at radius 1 is 0.322 bits per heavy atom. The lowest BCUT2D eigenvalue weighted by molar-refractivity contribution is 1.07. The van der Waals surface area contributed by atoms with Gasteiger partial charge in [-0.3, -0.25) is 0 Å². The molecule has 0 saturated heterocycles. The predicted octanol–water partition coefficient (Wildman–Crippen LogP) is 14.5. The molecule has 0 spiro atoms. The third-order valence-corrected chi connectivity index (χ3v) is 11.1. The Bertz CT molecular complexity index is 2930. The van der Waals surface area contributed by atoms with Crippen LogP contribution in [0.5, 0.6) is 0 Å². The van der Waals surface area contributed by atoms with Gasteiger partial charge in [0.25, 0.3) is 0 Å². The molecule has 10 rings (SSSR count). The average Bonchev–Trinajstić information content (AvgIpc) is 3.32. The Kier molecular flexibility index (Phi) is 9.49. The summed E-state index contributed by atoms with van der Waals surface area (Å²) in [5.74, 6) is 1.97. The first kappa shape index (κ1) is 35.7. The molecule has 0 unspecified atom stereocenters. The Morgan fingerprint density at radius 2 is 0.729 bits per heavy atom. The first-order chi connectivity index (χ1) is 29.2. The van der Waals surface area contributed by atoms with Crippen molar-refractivity contribution in [2.75, 3.05) is 4.90 Å². The summed E-state index contributed by atoms with van der Waals surface area (Å²) in [7, 11) is 0. The molecule has 0 aliphatic rings. The van der Waals surface area contributed by atoms with Gasteiger partial charge in [-0.15, -0.1) is 0 Å².